The Balaban J connectivity index is 1.92. The van der Waals surface area contributed by atoms with E-state index in [1.54, 1.807) is 24.3 Å². The third-order valence-corrected chi connectivity index (χ3v) is 3.35. The summed E-state index contributed by atoms with van der Waals surface area (Å²) in [5, 5.41) is 12.5. The Kier molecular flexibility index (Phi) is 5.65. The SMILES string of the molecule is COc1cccc(C(O)CNC(=O)Cc2cccc(F)c2F)c1. The van der Waals surface area contributed by atoms with Gasteiger partial charge in [0.15, 0.2) is 11.6 Å². The summed E-state index contributed by atoms with van der Waals surface area (Å²) in [4.78, 5) is 11.8. The van der Waals surface area contributed by atoms with Crippen molar-refractivity contribution in [3.63, 3.8) is 0 Å². The van der Waals surface area contributed by atoms with Crippen LogP contribution in [0.2, 0.25) is 0 Å². The fraction of sp³-hybridized carbons (Fsp3) is 0.235. The molecule has 0 aliphatic heterocycles. The molecule has 0 aliphatic carbocycles. The second kappa shape index (κ2) is 7.69. The predicted octanol–water partition coefficient (Wildman–Crippen LogP) is 2.37. The van der Waals surface area contributed by atoms with Crippen molar-refractivity contribution >= 4 is 5.91 Å². The van der Waals surface area contributed by atoms with E-state index >= 15 is 0 Å². The van der Waals surface area contributed by atoms with Crippen LogP contribution < -0.4 is 10.1 Å². The number of carbonyl (C=O) groups is 1. The molecule has 4 nitrogen and oxygen atoms in total. The van der Waals surface area contributed by atoms with Gasteiger partial charge >= 0.3 is 0 Å². The van der Waals surface area contributed by atoms with Crippen LogP contribution in [0.1, 0.15) is 17.2 Å². The number of carbonyl (C=O) groups excluding carboxylic acids is 1. The summed E-state index contributed by atoms with van der Waals surface area (Å²) in [6, 6.07) is 10.5. The monoisotopic (exact) mass is 321 g/mol. The summed E-state index contributed by atoms with van der Waals surface area (Å²) in [5.74, 6) is -1.94. The maximum absolute atomic E-state index is 13.5. The first-order valence-corrected chi connectivity index (χ1v) is 7.03. The molecule has 2 aromatic rings. The van der Waals surface area contributed by atoms with Crippen molar-refractivity contribution in [2.75, 3.05) is 13.7 Å². The summed E-state index contributed by atoms with van der Waals surface area (Å²) < 4.78 is 31.6. The molecule has 2 N–H and O–H groups in total. The molecule has 6 heteroatoms. The van der Waals surface area contributed by atoms with Gasteiger partial charge in [-0.3, -0.25) is 4.79 Å². The molecule has 1 unspecified atom stereocenters. The van der Waals surface area contributed by atoms with Crippen molar-refractivity contribution in [2.24, 2.45) is 0 Å². The summed E-state index contributed by atoms with van der Waals surface area (Å²) in [7, 11) is 1.51. The maximum atomic E-state index is 13.5. The van der Waals surface area contributed by atoms with Crippen molar-refractivity contribution < 1.29 is 23.4 Å². The molecule has 122 valence electrons. The zero-order valence-corrected chi connectivity index (χ0v) is 12.6. The summed E-state index contributed by atoms with van der Waals surface area (Å²) in [6.07, 6.45) is -1.22. The van der Waals surface area contributed by atoms with E-state index in [9.17, 15) is 18.7 Å². The minimum atomic E-state index is -1.03. The molecule has 0 bridgehead atoms. The van der Waals surface area contributed by atoms with E-state index in [4.69, 9.17) is 4.74 Å². The fourth-order valence-corrected chi connectivity index (χ4v) is 2.10. The zero-order chi connectivity index (χ0) is 16.8. The largest absolute Gasteiger partial charge is 0.497 e. The third-order valence-electron chi connectivity index (χ3n) is 3.35. The lowest BCUT2D eigenvalue weighted by Crippen LogP contribution is -2.30. The van der Waals surface area contributed by atoms with Gasteiger partial charge in [-0.1, -0.05) is 24.3 Å². The van der Waals surface area contributed by atoms with Crippen LogP contribution in [0.3, 0.4) is 0 Å². The zero-order valence-electron chi connectivity index (χ0n) is 12.6. The van der Waals surface area contributed by atoms with Gasteiger partial charge < -0.3 is 15.2 Å². The van der Waals surface area contributed by atoms with Crippen LogP contribution in [0.5, 0.6) is 5.75 Å². The second-order valence-electron chi connectivity index (χ2n) is 4.99. The van der Waals surface area contributed by atoms with Crippen LogP contribution in [0.4, 0.5) is 8.78 Å². The van der Waals surface area contributed by atoms with Crippen LogP contribution in [-0.4, -0.2) is 24.7 Å². The highest BCUT2D eigenvalue weighted by molar-refractivity contribution is 5.78. The van der Waals surface area contributed by atoms with E-state index in [2.05, 4.69) is 5.32 Å². The Morgan fingerprint density at radius 2 is 2.00 bits per heavy atom. The summed E-state index contributed by atoms with van der Waals surface area (Å²) >= 11 is 0. The molecule has 2 aromatic carbocycles. The molecule has 0 aliphatic rings. The minimum absolute atomic E-state index is 0.0293. The topological polar surface area (TPSA) is 58.6 Å². The van der Waals surface area contributed by atoms with Gasteiger partial charge in [0.1, 0.15) is 5.75 Å². The predicted molar refractivity (Wildman–Crippen MR) is 81.0 cm³/mol. The number of aliphatic hydroxyl groups excluding tert-OH is 1. The van der Waals surface area contributed by atoms with Gasteiger partial charge in [-0.15, -0.1) is 0 Å². The van der Waals surface area contributed by atoms with E-state index < -0.39 is 23.6 Å². The molecule has 2 rings (SSSR count). The first-order valence-electron chi connectivity index (χ1n) is 7.03. The number of hydrogen-bond acceptors (Lipinski definition) is 3. The highest BCUT2D eigenvalue weighted by Crippen LogP contribution is 2.18. The molecule has 0 saturated carbocycles. The number of rotatable bonds is 6. The number of amides is 1. The second-order valence-corrected chi connectivity index (χ2v) is 4.99. The van der Waals surface area contributed by atoms with Crippen LogP contribution in [-0.2, 0) is 11.2 Å². The van der Waals surface area contributed by atoms with Crippen LogP contribution in [0, 0.1) is 11.6 Å². The molecular weight excluding hydrogens is 304 g/mol. The van der Waals surface area contributed by atoms with Crippen molar-refractivity contribution in [3.05, 3.63) is 65.2 Å². The molecule has 0 heterocycles. The third kappa shape index (κ3) is 4.50. The van der Waals surface area contributed by atoms with E-state index in [0.29, 0.717) is 11.3 Å². The average molecular weight is 321 g/mol. The van der Waals surface area contributed by atoms with Crippen molar-refractivity contribution in [2.45, 2.75) is 12.5 Å². The quantitative estimate of drug-likeness (QED) is 0.859. The average Bonchev–Trinajstić information content (AvgIpc) is 2.57. The standard InChI is InChI=1S/C17H17F2NO3/c1-23-13-6-2-4-11(8-13)15(21)10-20-16(22)9-12-5-3-7-14(18)17(12)19/h2-8,15,21H,9-10H2,1H3,(H,20,22). The van der Waals surface area contributed by atoms with Crippen LogP contribution in [0.15, 0.2) is 42.5 Å². The van der Waals surface area contributed by atoms with E-state index in [0.717, 1.165) is 6.07 Å². The number of hydrogen-bond donors (Lipinski definition) is 2. The Bertz CT molecular complexity index is 691. The van der Waals surface area contributed by atoms with E-state index in [1.807, 2.05) is 0 Å². The number of aliphatic hydroxyl groups is 1. The molecule has 1 atom stereocenters. The first-order chi connectivity index (χ1) is 11.0. The van der Waals surface area contributed by atoms with Gasteiger partial charge in [-0.25, -0.2) is 8.78 Å². The number of benzene rings is 2. The number of halogens is 2. The van der Waals surface area contributed by atoms with Crippen molar-refractivity contribution in [1.82, 2.24) is 5.32 Å². The number of ether oxygens (including phenoxy) is 1. The molecular formula is C17H17F2NO3. The maximum Gasteiger partial charge on any atom is 0.224 e. The summed E-state index contributed by atoms with van der Waals surface area (Å²) in [6.45, 7) is -0.0388. The minimum Gasteiger partial charge on any atom is -0.497 e. The van der Waals surface area contributed by atoms with Gasteiger partial charge in [0.05, 0.1) is 19.6 Å². The van der Waals surface area contributed by atoms with Gasteiger partial charge in [-0.2, -0.15) is 0 Å². The number of nitrogens with one attached hydrogen (secondary N) is 1. The van der Waals surface area contributed by atoms with Crippen molar-refractivity contribution in [3.8, 4) is 5.75 Å². The fourth-order valence-electron chi connectivity index (χ4n) is 2.10. The highest BCUT2D eigenvalue weighted by Gasteiger charge is 2.14. The van der Waals surface area contributed by atoms with Crippen molar-refractivity contribution in [1.29, 1.82) is 0 Å². The first kappa shape index (κ1) is 16.9. The van der Waals surface area contributed by atoms with Crippen LogP contribution >= 0.6 is 0 Å². The lowest BCUT2D eigenvalue weighted by molar-refractivity contribution is -0.120. The van der Waals surface area contributed by atoms with Crippen LogP contribution in [0.25, 0.3) is 0 Å². The smallest absolute Gasteiger partial charge is 0.224 e. The molecule has 0 spiro atoms. The van der Waals surface area contributed by atoms with Gasteiger partial charge in [0, 0.05) is 12.1 Å². The van der Waals surface area contributed by atoms with Gasteiger partial charge in [0.25, 0.3) is 0 Å². The van der Waals surface area contributed by atoms with Gasteiger partial charge in [-0.05, 0) is 23.8 Å². The Labute approximate surface area is 132 Å². The molecule has 0 radical (unpaired) electrons. The molecule has 1 amide bonds. The lowest BCUT2D eigenvalue weighted by atomic mass is 10.1. The highest BCUT2D eigenvalue weighted by atomic mass is 19.2. The molecule has 23 heavy (non-hydrogen) atoms. The molecule has 0 fully saturated rings. The normalized spacial score (nSPS) is 11.8. The Morgan fingerprint density at radius 3 is 2.74 bits per heavy atom. The Hall–Kier alpha value is -2.47. The number of methoxy groups -OCH3 is 1. The lowest BCUT2D eigenvalue weighted by Gasteiger charge is -2.13. The molecule has 0 saturated heterocycles. The van der Waals surface area contributed by atoms with Gasteiger partial charge in [0.2, 0.25) is 5.91 Å². The summed E-state index contributed by atoms with van der Waals surface area (Å²) in [5.41, 5.74) is 0.556. The molecule has 0 aromatic heterocycles. The van der Waals surface area contributed by atoms with E-state index in [1.165, 1.54) is 19.2 Å². The van der Waals surface area contributed by atoms with E-state index in [-0.39, 0.29) is 18.5 Å². The Morgan fingerprint density at radius 1 is 1.26 bits per heavy atom.